The lowest BCUT2D eigenvalue weighted by Gasteiger charge is -2.22. The molecule has 1 heterocycles. The summed E-state index contributed by atoms with van der Waals surface area (Å²) in [6, 6.07) is 13.5. The zero-order valence-corrected chi connectivity index (χ0v) is 17.2. The van der Waals surface area contributed by atoms with Crippen LogP contribution >= 0.6 is 0 Å². The third-order valence-electron chi connectivity index (χ3n) is 4.83. The van der Waals surface area contributed by atoms with Crippen molar-refractivity contribution in [3.63, 3.8) is 0 Å². The van der Waals surface area contributed by atoms with Gasteiger partial charge in [0.2, 0.25) is 0 Å². The Morgan fingerprint density at radius 3 is 2.29 bits per heavy atom. The maximum atomic E-state index is 12.6. The van der Waals surface area contributed by atoms with Gasteiger partial charge in [0, 0.05) is 0 Å². The largest absolute Gasteiger partial charge is 0.486 e. The number of hydrogen-bond acceptors (Lipinski definition) is 4. The van der Waals surface area contributed by atoms with Crippen molar-refractivity contribution in [3.8, 4) is 17.2 Å². The van der Waals surface area contributed by atoms with E-state index in [0.717, 1.165) is 11.3 Å². The van der Waals surface area contributed by atoms with Gasteiger partial charge in [-0.1, -0.05) is 39.0 Å². The van der Waals surface area contributed by atoms with Crippen LogP contribution in [0.3, 0.4) is 0 Å². The number of rotatable bonds is 5. The maximum Gasteiger partial charge on any atom is 0.261 e. The van der Waals surface area contributed by atoms with E-state index in [-0.39, 0.29) is 17.4 Å². The van der Waals surface area contributed by atoms with E-state index < -0.39 is 6.10 Å². The van der Waals surface area contributed by atoms with Crippen molar-refractivity contribution in [2.75, 3.05) is 13.2 Å². The van der Waals surface area contributed by atoms with Crippen LogP contribution in [-0.2, 0) is 10.2 Å². The van der Waals surface area contributed by atoms with E-state index in [9.17, 15) is 4.79 Å². The van der Waals surface area contributed by atoms with Gasteiger partial charge in [0.25, 0.3) is 5.91 Å². The highest BCUT2D eigenvalue weighted by atomic mass is 16.6. The molecule has 5 heteroatoms. The minimum atomic E-state index is -0.597. The number of carbonyl (C=O) groups excluding carboxylic acids is 1. The van der Waals surface area contributed by atoms with Gasteiger partial charge in [-0.2, -0.15) is 0 Å². The van der Waals surface area contributed by atoms with Gasteiger partial charge in [-0.25, -0.2) is 0 Å². The molecular formula is C23H29NO4. The highest BCUT2D eigenvalue weighted by Crippen LogP contribution is 2.32. The standard InChI is InChI=1S/C23H29NO4/c1-15(17-6-11-20-21(14-17)27-13-12-26-20)24-22(25)16(2)28-19-9-7-18(8-10-19)23(3,4)5/h6-11,14-16H,12-13H2,1-5H3,(H,24,25)/t15-,16+/m0/s1. The maximum absolute atomic E-state index is 12.6. The fraction of sp³-hybridized carbons (Fsp3) is 0.435. The smallest absolute Gasteiger partial charge is 0.261 e. The molecule has 0 fully saturated rings. The lowest BCUT2D eigenvalue weighted by Crippen LogP contribution is -2.37. The van der Waals surface area contributed by atoms with Crippen molar-refractivity contribution in [1.82, 2.24) is 5.32 Å². The lowest BCUT2D eigenvalue weighted by atomic mass is 9.87. The molecule has 1 N–H and O–H groups in total. The highest BCUT2D eigenvalue weighted by Gasteiger charge is 2.20. The van der Waals surface area contributed by atoms with Gasteiger partial charge < -0.3 is 19.5 Å². The minimum Gasteiger partial charge on any atom is -0.486 e. The molecule has 2 aromatic rings. The van der Waals surface area contributed by atoms with Crippen molar-refractivity contribution in [1.29, 1.82) is 0 Å². The summed E-state index contributed by atoms with van der Waals surface area (Å²) in [5.74, 6) is 1.97. The van der Waals surface area contributed by atoms with Gasteiger partial charge in [-0.15, -0.1) is 0 Å². The Hall–Kier alpha value is -2.69. The summed E-state index contributed by atoms with van der Waals surface area (Å²) < 4.78 is 17.0. The number of ether oxygens (including phenoxy) is 3. The lowest BCUT2D eigenvalue weighted by molar-refractivity contribution is -0.127. The predicted octanol–water partition coefficient (Wildman–Crippen LogP) is 4.40. The summed E-state index contributed by atoms with van der Waals surface area (Å²) >= 11 is 0. The Bertz CT molecular complexity index is 823. The van der Waals surface area contributed by atoms with Crippen LogP contribution in [0.2, 0.25) is 0 Å². The van der Waals surface area contributed by atoms with Gasteiger partial charge in [0.15, 0.2) is 17.6 Å². The van der Waals surface area contributed by atoms with Crippen LogP contribution in [0.15, 0.2) is 42.5 Å². The molecule has 28 heavy (non-hydrogen) atoms. The van der Waals surface area contributed by atoms with Crippen molar-refractivity contribution in [3.05, 3.63) is 53.6 Å². The van der Waals surface area contributed by atoms with Crippen LogP contribution in [0.4, 0.5) is 0 Å². The molecule has 0 saturated heterocycles. The Morgan fingerprint density at radius 2 is 1.64 bits per heavy atom. The summed E-state index contributed by atoms with van der Waals surface area (Å²) in [5, 5.41) is 3.00. The van der Waals surface area contributed by atoms with Gasteiger partial charge in [-0.3, -0.25) is 4.79 Å². The molecular weight excluding hydrogens is 354 g/mol. The molecule has 1 amide bonds. The van der Waals surface area contributed by atoms with Crippen molar-refractivity contribution < 1.29 is 19.0 Å². The zero-order chi connectivity index (χ0) is 20.3. The fourth-order valence-electron chi connectivity index (χ4n) is 3.03. The average molecular weight is 383 g/mol. The van der Waals surface area contributed by atoms with Crippen LogP contribution in [0.1, 0.15) is 51.8 Å². The molecule has 150 valence electrons. The zero-order valence-electron chi connectivity index (χ0n) is 17.2. The molecule has 1 aliphatic rings. The normalized spacial score (nSPS) is 15.5. The molecule has 2 aromatic carbocycles. The van der Waals surface area contributed by atoms with E-state index in [1.54, 1.807) is 6.92 Å². The third-order valence-corrected chi connectivity index (χ3v) is 4.83. The summed E-state index contributed by atoms with van der Waals surface area (Å²) in [6.07, 6.45) is -0.597. The summed E-state index contributed by atoms with van der Waals surface area (Å²) in [6.45, 7) is 11.3. The topological polar surface area (TPSA) is 56.8 Å². The number of amides is 1. The summed E-state index contributed by atoms with van der Waals surface area (Å²) in [4.78, 5) is 12.6. The minimum absolute atomic E-state index is 0.0839. The van der Waals surface area contributed by atoms with Crippen LogP contribution < -0.4 is 19.5 Å². The molecule has 0 aliphatic carbocycles. The van der Waals surface area contributed by atoms with Crippen LogP contribution in [0.25, 0.3) is 0 Å². The molecule has 0 radical (unpaired) electrons. The van der Waals surface area contributed by atoms with Gasteiger partial charge in [-0.05, 0) is 54.7 Å². The van der Waals surface area contributed by atoms with Crippen molar-refractivity contribution >= 4 is 5.91 Å². The quantitative estimate of drug-likeness (QED) is 0.831. The summed E-state index contributed by atoms with van der Waals surface area (Å²) in [5.41, 5.74) is 2.27. The van der Waals surface area contributed by atoms with Crippen LogP contribution in [-0.4, -0.2) is 25.2 Å². The molecule has 0 spiro atoms. The van der Waals surface area contributed by atoms with E-state index >= 15 is 0 Å². The molecule has 0 saturated carbocycles. The molecule has 0 bridgehead atoms. The first-order valence-corrected chi connectivity index (χ1v) is 9.71. The Kier molecular flexibility index (Phi) is 5.82. The first-order valence-electron chi connectivity index (χ1n) is 9.71. The van der Waals surface area contributed by atoms with Gasteiger partial charge in [0.1, 0.15) is 19.0 Å². The second-order valence-electron chi connectivity index (χ2n) is 8.17. The number of carbonyl (C=O) groups is 1. The van der Waals surface area contributed by atoms with Crippen LogP contribution in [0.5, 0.6) is 17.2 Å². The third kappa shape index (κ3) is 4.77. The van der Waals surface area contributed by atoms with Crippen molar-refractivity contribution in [2.45, 2.75) is 52.2 Å². The Labute approximate surface area is 167 Å². The number of benzene rings is 2. The summed E-state index contributed by atoms with van der Waals surface area (Å²) in [7, 11) is 0. The fourth-order valence-corrected chi connectivity index (χ4v) is 3.03. The Morgan fingerprint density at radius 1 is 1.00 bits per heavy atom. The first kappa shape index (κ1) is 20.1. The monoisotopic (exact) mass is 383 g/mol. The molecule has 0 aromatic heterocycles. The van der Waals surface area contributed by atoms with E-state index in [0.29, 0.717) is 24.7 Å². The average Bonchev–Trinajstić information content (AvgIpc) is 2.67. The molecule has 3 rings (SSSR count). The Balaban J connectivity index is 1.59. The SMILES string of the molecule is C[C@H](NC(=O)[C@@H](C)Oc1ccc(C(C)(C)C)cc1)c1ccc2c(c1)OCCO2. The van der Waals surface area contributed by atoms with Crippen molar-refractivity contribution in [2.24, 2.45) is 0 Å². The number of nitrogens with one attached hydrogen (secondary N) is 1. The van der Waals surface area contributed by atoms with E-state index in [1.807, 2.05) is 49.4 Å². The number of hydrogen-bond donors (Lipinski definition) is 1. The molecule has 2 atom stereocenters. The van der Waals surface area contributed by atoms with E-state index in [1.165, 1.54) is 5.56 Å². The second kappa shape index (κ2) is 8.13. The molecule has 1 aliphatic heterocycles. The van der Waals surface area contributed by atoms with E-state index in [4.69, 9.17) is 14.2 Å². The van der Waals surface area contributed by atoms with Gasteiger partial charge >= 0.3 is 0 Å². The first-order chi connectivity index (χ1) is 13.2. The molecule has 0 unspecified atom stereocenters. The van der Waals surface area contributed by atoms with Gasteiger partial charge in [0.05, 0.1) is 6.04 Å². The van der Waals surface area contributed by atoms with E-state index in [2.05, 4.69) is 26.1 Å². The predicted molar refractivity (Wildman–Crippen MR) is 109 cm³/mol. The second-order valence-corrected chi connectivity index (χ2v) is 8.17. The number of fused-ring (bicyclic) bond motifs is 1. The molecule has 5 nitrogen and oxygen atoms in total. The highest BCUT2D eigenvalue weighted by molar-refractivity contribution is 5.81. The van der Waals surface area contributed by atoms with Crippen LogP contribution in [0, 0.1) is 0 Å².